The Hall–Kier alpha value is -1.79. The van der Waals surface area contributed by atoms with Crippen LogP contribution in [0.3, 0.4) is 0 Å². The minimum absolute atomic E-state index is 0.0634. The second-order valence-electron chi connectivity index (χ2n) is 6.05. The molecule has 2 aliphatic heterocycles. The normalized spacial score (nSPS) is 21.3. The highest BCUT2D eigenvalue weighted by atomic mass is 16.6. The van der Waals surface area contributed by atoms with Gasteiger partial charge in [-0.2, -0.15) is 0 Å². The number of anilines is 2. The maximum atomic E-state index is 12.1. The summed E-state index contributed by atoms with van der Waals surface area (Å²) in [6, 6.07) is 5.85. The molecule has 6 heteroatoms. The van der Waals surface area contributed by atoms with Gasteiger partial charge in [-0.05, 0) is 37.5 Å². The van der Waals surface area contributed by atoms with Gasteiger partial charge in [0.05, 0.1) is 25.9 Å². The summed E-state index contributed by atoms with van der Waals surface area (Å²) >= 11 is 0. The molecule has 6 nitrogen and oxygen atoms in total. The first-order chi connectivity index (χ1) is 11.2. The molecule has 1 atom stereocenters. The number of hydrogen-bond acceptors (Lipinski definition) is 4. The Kier molecular flexibility index (Phi) is 5.35. The molecule has 1 aromatic rings. The zero-order valence-electron chi connectivity index (χ0n) is 13.6. The maximum Gasteiger partial charge on any atom is 0.319 e. The van der Waals surface area contributed by atoms with Crippen molar-refractivity contribution in [3.8, 4) is 0 Å². The lowest BCUT2D eigenvalue weighted by atomic mass is 10.1. The topological polar surface area (TPSA) is 62.8 Å². The van der Waals surface area contributed by atoms with Gasteiger partial charge >= 0.3 is 6.03 Å². The highest BCUT2D eigenvalue weighted by Crippen LogP contribution is 2.29. The van der Waals surface area contributed by atoms with E-state index in [9.17, 15) is 4.79 Å². The van der Waals surface area contributed by atoms with Gasteiger partial charge in [-0.1, -0.05) is 6.07 Å². The summed E-state index contributed by atoms with van der Waals surface area (Å²) in [5.41, 5.74) is 3.18. The molecule has 2 aliphatic rings. The highest BCUT2D eigenvalue weighted by molar-refractivity contribution is 5.91. The van der Waals surface area contributed by atoms with Crippen molar-refractivity contribution in [2.24, 2.45) is 0 Å². The fourth-order valence-electron chi connectivity index (χ4n) is 3.09. The van der Waals surface area contributed by atoms with Crippen molar-refractivity contribution >= 4 is 17.4 Å². The van der Waals surface area contributed by atoms with E-state index in [4.69, 9.17) is 9.47 Å². The van der Waals surface area contributed by atoms with Crippen LogP contribution in [-0.2, 0) is 9.47 Å². The number of carbonyl (C=O) groups is 1. The van der Waals surface area contributed by atoms with E-state index in [1.807, 2.05) is 12.1 Å². The van der Waals surface area contributed by atoms with Crippen LogP contribution in [0.2, 0.25) is 0 Å². The van der Waals surface area contributed by atoms with E-state index < -0.39 is 0 Å². The molecule has 0 unspecified atom stereocenters. The molecule has 2 N–H and O–H groups in total. The minimum Gasteiger partial charge on any atom is -0.376 e. The van der Waals surface area contributed by atoms with Gasteiger partial charge in [0.1, 0.15) is 0 Å². The average molecular weight is 319 g/mol. The van der Waals surface area contributed by atoms with Gasteiger partial charge in [0.25, 0.3) is 0 Å². The molecule has 2 heterocycles. The lowest BCUT2D eigenvalue weighted by Gasteiger charge is -2.24. The molecule has 2 fully saturated rings. The Labute approximate surface area is 137 Å². The summed E-state index contributed by atoms with van der Waals surface area (Å²) in [6.45, 7) is 6.45. The highest BCUT2D eigenvalue weighted by Gasteiger charge is 2.18. The molecule has 126 valence electrons. The Morgan fingerprint density at radius 3 is 2.87 bits per heavy atom. The largest absolute Gasteiger partial charge is 0.376 e. The number of ether oxygens (including phenoxy) is 2. The van der Waals surface area contributed by atoms with E-state index in [2.05, 4.69) is 28.5 Å². The monoisotopic (exact) mass is 319 g/mol. The number of nitrogens with zero attached hydrogens (tertiary/aromatic N) is 1. The van der Waals surface area contributed by atoms with Crippen LogP contribution in [0, 0.1) is 6.92 Å². The van der Waals surface area contributed by atoms with E-state index in [1.54, 1.807) is 0 Å². The lowest BCUT2D eigenvalue weighted by molar-refractivity contribution is -0.0852. The van der Waals surface area contributed by atoms with Crippen LogP contribution in [0.5, 0.6) is 0 Å². The summed E-state index contributed by atoms with van der Waals surface area (Å²) in [6.07, 6.45) is 2.41. The van der Waals surface area contributed by atoms with Gasteiger partial charge in [0.15, 0.2) is 0 Å². The third-order valence-electron chi connectivity index (χ3n) is 4.38. The quantitative estimate of drug-likeness (QED) is 0.892. The summed E-state index contributed by atoms with van der Waals surface area (Å²) in [4.78, 5) is 14.5. The molecule has 0 aromatic heterocycles. The summed E-state index contributed by atoms with van der Waals surface area (Å²) < 4.78 is 10.8. The van der Waals surface area contributed by atoms with Crippen LogP contribution in [0.15, 0.2) is 18.2 Å². The first kappa shape index (κ1) is 16.1. The lowest BCUT2D eigenvalue weighted by Crippen LogP contribution is -2.41. The summed E-state index contributed by atoms with van der Waals surface area (Å²) in [7, 11) is 0. The Balaban J connectivity index is 1.56. The number of benzene rings is 1. The maximum absolute atomic E-state index is 12.1. The van der Waals surface area contributed by atoms with E-state index in [1.165, 1.54) is 18.5 Å². The van der Waals surface area contributed by atoms with Crippen LogP contribution >= 0.6 is 0 Å². The van der Waals surface area contributed by atoms with Crippen molar-refractivity contribution in [2.75, 3.05) is 49.7 Å². The minimum atomic E-state index is -0.208. The van der Waals surface area contributed by atoms with E-state index in [-0.39, 0.29) is 12.1 Å². The first-order valence-corrected chi connectivity index (χ1v) is 8.33. The van der Waals surface area contributed by atoms with Crippen molar-refractivity contribution in [1.82, 2.24) is 5.32 Å². The number of urea groups is 1. The number of hydrogen-bond donors (Lipinski definition) is 2. The molecular weight excluding hydrogens is 294 g/mol. The molecule has 3 rings (SSSR count). The van der Waals surface area contributed by atoms with E-state index in [0.29, 0.717) is 26.4 Å². The standard InChI is InChI=1S/C17H25N3O3/c1-13-15(5-4-6-16(13)20-7-2-3-8-20)19-17(21)18-11-14-12-22-9-10-23-14/h4-6,14H,2-3,7-12H2,1H3,(H2,18,19,21)/t14-/m1/s1. The molecule has 0 aliphatic carbocycles. The van der Waals surface area contributed by atoms with Crippen molar-refractivity contribution < 1.29 is 14.3 Å². The molecule has 0 spiro atoms. The van der Waals surface area contributed by atoms with Gasteiger partial charge in [-0.15, -0.1) is 0 Å². The fraction of sp³-hybridized carbons (Fsp3) is 0.588. The van der Waals surface area contributed by atoms with E-state index in [0.717, 1.165) is 24.3 Å². The second-order valence-corrected chi connectivity index (χ2v) is 6.05. The molecule has 0 saturated carbocycles. The van der Waals surface area contributed by atoms with Crippen molar-refractivity contribution in [3.63, 3.8) is 0 Å². The molecule has 2 saturated heterocycles. The Morgan fingerprint density at radius 1 is 1.30 bits per heavy atom. The smallest absolute Gasteiger partial charge is 0.319 e. The molecule has 0 radical (unpaired) electrons. The zero-order chi connectivity index (χ0) is 16.1. The number of carbonyl (C=O) groups excluding carboxylic acids is 1. The molecule has 1 aromatic carbocycles. The van der Waals surface area contributed by atoms with Gasteiger partial charge in [0.2, 0.25) is 0 Å². The van der Waals surface area contributed by atoms with Gasteiger partial charge < -0.3 is 25.0 Å². The Bertz CT molecular complexity index is 538. The fourth-order valence-corrected chi connectivity index (χ4v) is 3.09. The van der Waals surface area contributed by atoms with Crippen LogP contribution in [0.1, 0.15) is 18.4 Å². The number of rotatable bonds is 4. The van der Waals surface area contributed by atoms with Crippen LogP contribution < -0.4 is 15.5 Å². The summed E-state index contributed by atoms with van der Waals surface area (Å²) in [5.74, 6) is 0. The zero-order valence-corrected chi connectivity index (χ0v) is 13.6. The van der Waals surface area contributed by atoms with Crippen LogP contribution in [0.25, 0.3) is 0 Å². The second kappa shape index (κ2) is 7.66. The number of nitrogens with one attached hydrogen (secondary N) is 2. The first-order valence-electron chi connectivity index (χ1n) is 8.33. The number of amides is 2. The van der Waals surface area contributed by atoms with Crippen molar-refractivity contribution in [3.05, 3.63) is 23.8 Å². The third-order valence-corrected chi connectivity index (χ3v) is 4.38. The van der Waals surface area contributed by atoms with Crippen LogP contribution in [0.4, 0.5) is 16.2 Å². The molecule has 0 bridgehead atoms. The molecule has 2 amide bonds. The van der Waals surface area contributed by atoms with Crippen molar-refractivity contribution in [2.45, 2.75) is 25.9 Å². The van der Waals surface area contributed by atoms with Gasteiger partial charge in [0, 0.05) is 31.0 Å². The SMILES string of the molecule is Cc1c(NC(=O)NC[C@@H]2COCCO2)cccc1N1CCCC1. The van der Waals surface area contributed by atoms with Crippen LogP contribution in [-0.4, -0.2) is 51.6 Å². The molecule has 23 heavy (non-hydrogen) atoms. The van der Waals surface area contributed by atoms with Gasteiger partial charge in [-0.3, -0.25) is 0 Å². The summed E-state index contributed by atoms with van der Waals surface area (Å²) in [5, 5.41) is 5.79. The predicted molar refractivity (Wildman–Crippen MR) is 90.2 cm³/mol. The predicted octanol–water partition coefficient (Wildman–Crippen LogP) is 2.13. The Morgan fingerprint density at radius 2 is 2.13 bits per heavy atom. The third kappa shape index (κ3) is 4.14. The van der Waals surface area contributed by atoms with E-state index >= 15 is 0 Å². The average Bonchev–Trinajstić information content (AvgIpc) is 3.10. The van der Waals surface area contributed by atoms with Crippen molar-refractivity contribution in [1.29, 1.82) is 0 Å². The molecular formula is C17H25N3O3. The van der Waals surface area contributed by atoms with Gasteiger partial charge in [-0.25, -0.2) is 4.79 Å².